The molecule has 0 saturated carbocycles. The summed E-state index contributed by atoms with van der Waals surface area (Å²) in [4.78, 5) is 13.4. The summed E-state index contributed by atoms with van der Waals surface area (Å²) < 4.78 is 1.76. The number of carbonyl (C=O) groups excluding carboxylic acids is 1. The molecule has 0 saturated heterocycles. The minimum Gasteiger partial charge on any atom is -0.345 e. The van der Waals surface area contributed by atoms with Gasteiger partial charge in [-0.15, -0.1) is 0 Å². The number of carbonyl (C=O) groups is 1. The average molecular weight is 428 g/mol. The maximum Gasteiger partial charge on any atom is 0.255 e. The molecule has 1 heterocycles. The molecule has 1 aliphatic rings. The van der Waals surface area contributed by atoms with Crippen LogP contribution in [0.25, 0.3) is 16.9 Å². The van der Waals surface area contributed by atoms with Crippen molar-refractivity contribution in [2.24, 2.45) is 0 Å². The molecule has 1 aliphatic carbocycles. The summed E-state index contributed by atoms with van der Waals surface area (Å²) in [5.74, 6) is -0.117. The molecule has 0 fully saturated rings. The number of hydrogen-bond donors (Lipinski definition) is 1. The summed E-state index contributed by atoms with van der Waals surface area (Å²) in [6, 6.07) is 25.6. The molecule has 0 radical (unpaired) electrons. The average Bonchev–Trinajstić information content (AvgIpc) is 3.26. The Morgan fingerprint density at radius 1 is 0.968 bits per heavy atom. The zero-order valence-corrected chi connectivity index (χ0v) is 17.7. The number of amides is 1. The largest absolute Gasteiger partial charge is 0.345 e. The van der Waals surface area contributed by atoms with E-state index in [1.807, 2.05) is 66.9 Å². The second-order valence-electron chi connectivity index (χ2n) is 7.80. The molecule has 154 valence electrons. The van der Waals surface area contributed by atoms with E-state index in [1.165, 1.54) is 11.1 Å². The molecular formula is C26H22ClN3O. The molecular weight excluding hydrogens is 406 g/mol. The molecule has 1 aromatic heterocycles. The number of para-hydroxylation sites is 1. The van der Waals surface area contributed by atoms with Crippen LogP contribution in [-0.2, 0) is 6.42 Å². The Bertz CT molecular complexity index is 1220. The Balaban J connectivity index is 1.52. The zero-order valence-electron chi connectivity index (χ0n) is 17.0. The van der Waals surface area contributed by atoms with Gasteiger partial charge in [0.05, 0.1) is 17.3 Å². The first-order chi connectivity index (χ1) is 15.2. The van der Waals surface area contributed by atoms with Gasteiger partial charge in [0.1, 0.15) is 5.69 Å². The van der Waals surface area contributed by atoms with Crippen LogP contribution in [0.2, 0.25) is 5.02 Å². The first-order valence-corrected chi connectivity index (χ1v) is 10.9. The third-order valence-electron chi connectivity index (χ3n) is 5.77. The lowest BCUT2D eigenvalue weighted by atomic mass is 9.87. The Morgan fingerprint density at radius 3 is 2.52 bits per heavy atom. The van der Waals surface area contributed by atoms with Gasteiger partial charge in [-0.1, -0.05) is 66.2 Å². The van der Waals surface area contributed by atoms with Crippen LogP contribution in [0.1, 0.15) is 40.4 Å². The van der Waals surface area contributed by atoms with Crippen LogP contribution in [0.4, 0.5) is 0 Å². The van der Waals surface area contributed by atoms with Crippen LogP contribution in [0.5, 0.6) is 0 Å². The topological polar surface area (TPSA) is 46.9 Å². The molecule has 0 aliphatic heterocycles. The highest BCUT2D eigenvalue weighted by Crippen LogP contribution is 2.31. The molecule has 4 nitrogen and oxygen atoms in total. The van der Waals surface area contributed by atoms with Gasteiger partial charge in [0.15, 0.2) is 0 Å². The molecule has 3 aromatic carbocycles. The number of nitrogens with zero attached hydrogens (tertiary/aromatic N) is 2. The summed E-state index contributed by atoms with van der Waals surface area (Å²) in [5, 5.41) is 8.66. The molecule has 1 atom stereocenters. The van der Waals surface area contributed by atoms with Gasteiger partial charge in [-0.05, 0) is 54.7 Å². The van der Waals surface area contributed by atoms with E-state index in [9.17, 15) is 4.79 Å². The molecule has 4 aromatic rings. The van der Waals surface area contributed by atoms with Gasteiger partial charge in [-0.25, -0.2) is 4.68 Å². The van der Waals surface area contributed by atoms with Crippen molar-refractivity contribution >= 4 is 17.5 Å². The van der Waals surface area contributed by atoms with E-state index in [-0.39, 0.29) is 11.9 Å². The van der Waals surface area contributed by atoms with E-state index in [1.54, 1.807) is 4.68 Å². The molecule has 1 amide bonds. The van der Waals surface area contributed by atoms with E-state index in [0.29, 0.717) is 16.3 Å². The lowest BCUT2D eigenvalue weighted by Crippen LogP contribution is -2.31. The Kier molecular flexibility index (Phi) is 5.31. The van der Waals surface area contributed by atoms with Crippen molar-refractivity contribution in [1.82, 2.24) is 15.1 Å². The van der Waals surface area contributed by atoms with Crippen molar-refractivity contribution in [2.75, 3.05) is 0 Å². The first-order valence-electron chi connectivity index (χ1n) is 10.5. The lowest BCUT2D eigenvalue weighted by molar-refractivity contribution is 0.0933. The van der Waals surface area contributed by atoms with Gasteiger partial charge in [0, 0.05) is 16.8 Å². The summed E-state index contributed by atoms with van der Waals surface area (Å²) in [6.45, 7) is 0. The van der Waals surface area contributed by atoms with Crippen molar-refractivity contribution in [3.8, 4) is 16.9 Å². The maximum atomic E-state index is 13.4. The van der Waals surface area contributed by atoms with Gasteiger partial charge >= 0.3 is 0 Å². The number of rotatable bonds is 4. The lowest BCUT2D eigenvalue weighted by Gasteiger charge is -2.26. The van der Waals surface area contributed by atoms with E-state index < -0.39 is 0 Å². The van der Waals surface area contributed by atoms with Crippen molar-refractivity contribution in [2.45, 2.75) is 25.3 Å². The normalized spacial score (nSPS) is 15.3. The van der Waals surface area contributed by atoms with Crippen LogP contribution in [0.15, 0.2) is 85.1 Å². The molecule has 31 heavy (non-hydrogen) atoms. The van der Waals surface area contributed by atoms with Crippen LogP contribution in [0.3, 0.4) is 0 Å². The van der Waals surface area contributed by atoms with Gasteiger partial charge in [-0.2, -0.15) is 5.10 Å². The Hall–Kier alpha value is -3.37. The minimum absolute atomic E-state index is 0.00981. The highest BCUT2D eigenvalue weighted by Gasteiger charge is 2.25. The van der Waals surface area contributed by atoms with Crippen molar-refractivity contribution < 1.29 is 4.79 Å². The van der Waals surface area contributed by atoms with Crippen molar-refractivity contribution in [1.29, 1.82) is 0 Å². The van der Waals surface area contributed by atoms with Crippen LogP contribution >= 0.6 is 11.6 Å². The summed E-state index contributed by atoms with van der Waals surface area (Å²) in [7, 11) is 0. The van der Waals surface area contributed by atoms with Gasteiger partial charge in [-0.3, -0.25) is 4.79 Å². The second-order valence-corrected chi connectivity index (χ2v) is 8.23. The fraction of sp³-hybridized carbons (Fsp3) is 0.154. The fourth-order valence-corrected chi connectivity index (χ4v) is 4.34. The smallest absolute Gasteiger partial charge is 0.255 e. The third-order valence-corrected chi connectivity index (χ3v) is 6.02. The number of benzene rings is 3. The Morgan fingerprint density at radius 2 is 1.71 bits per heavy atom. The second kappa shape index (κ2) is 8.40. The molecule has 5 rings (SSSR count). The molecule has 0 spiro atoms. The number of halogens is 1. The molecule has 1 N–H and O–H groups in total. The predicted octanol–water partition coefficient (Wildman–Crippen LogP) is 6.00. The molecule has 0 bridgehead atoms. The fourth-order valence-electron chi connectivity index (χ4n) is 4.21. The van der Waals surface area contributed by atoms with Crippen molar-refractivity contribution in [3.63, 3.8) is 0 Å². The van der Waals surface area contributed by atoms with E-state index in [2.05, 4.69) is 23.5 Å². The summed E-state index contributed by atoms with van der Waals surface area (Å²) in [5.41, 5.74) is 5.48. The minimum atomic E-state index is -0.117. The number of aryl methyl sites for hydroxylation is 1. The summed E-state index contributed by atoms with van der Waals surface area (Å²) in [6.07, 6.45) is 4.87. The zero-order chi connectivity index (χ0) is 21.2. The number of nitrogens with one attached hydrogen (secondary N) is 1. The quantitative estimate of drug-likeness (QED) is 0.434. The predicted molar refractivity (Wildman–Crippen MR) is 124 cm³/mol. The SMILES string of the molecule is O=C(NC1CCCc2ccccc21)c1cn(-c2ccccc2)nc1-c1ccc(Cl)cc1. The number of aromatic nitrogens is 2. The molecule has 1 unspecified atom stereocenters. The van der Waals surface area contributed by atoms with E-state index in [0.717, 1.165) is 30.5 Å². The highest BCUT2D eigenvalue weighted by atomic mass is 35.5. The van der Waals surface area contributed by atoms with E-state index >= 15 is 0 Å². The summed E-state index contributed by atoms with van der Waals surface area (Å²) >= 11 is 6.07. The molecule has 5 heteroatoms. The van der Waals surface area contributed by atoms with Gasteiger partial charge in [0.25, 0.3) is 5.91 Å². The van der Waals surface area contributed by atoms with E-state index in [4.69, 9.17) is 16.7 Å². The standard InChI is InChI=1S/C26H22ClN3O/c27-20-15-13-19(14-16-20)25-23(17-30(29-25)21-9-2-1-3-10-21)26(31)28-24-12-6-8-18-7-4-5-11-22(18)24/h1-5,7,9-11,13-17,24H,6,8,12H2,(H,28,31). The monoisotopic (exact) mass is 427 g/mol. The number of hydrogen-bond acceptors (Lipinski definition) is 2. The first kappa shape index (κ1) is 19.6. The third kappa shape index (κ3) is 3.99. The number of fused-ring (bicyclic) bond motifs is 1. The van der Waals surface area contributed by atoms with Crippen LogP contribution in [-0.4, -0.2) is 15.7 Å². The van der Waals surface area contributed by atoms with Crippen molar-refractivity contribution in [3.05, 3.63) is 107 Å². The maximum absolute atomic E-state index is 13.4. The van der Waals surface area contributed by atoms with Gasteiger partial charge < -0.3 is 5.32 Å². The van der Waals surface area contributed by atoms with Gasteiger partial charge in [0.2, 0.25) is 0 Å². The van der Waals surface area contributed by atoms with Crippen LogP contribution < -0.4 is 5.32 Å². The highest BCUT2D eigenvalue weighted by molar-refractivity contribution is 6.30. The Labute approximate surface area is 186 Å². The van der Waals surface area contributed by atoms with Crippen LogP contribution in [0, 0.1) is 0 Å².